The van der Waals surface area contributed by atoms with Gasteiger partial charge in [-0.2, -0.15) is 0 Å². The van der Waals surface area contributed by atoms with Gasteiger partial charge in [-0.1, -0.05) is 0 Å². The summed E-state index contributed by atoms with van der Waals surface area (Å²) < 4.78 is 10.4. The van der Waals surface area contributed by atoms with Gasteiger partial charge in [-0.3, -0.25) is 14.6 Å². The molecule has 0 aromatic rings. The molecule has 2 aliphatic heterocycles. The van der Waals surface area contributed by atoms with Crippen molar-refractivity contribution in [1.82, 2.24) is 9.80 Å². The van der Waals surface area contributed by atoms with E-state index < -0.39 is 17.7 Å². The highest BCUT2D eigenvalue weighted by molar-refractivity contribution is 5.95. The normalized spacial score (nSPS) is 19.0. The van der Waals surface area contributed by atoms with Crippen molar-refractivity contribution in [3.63, 3.8) is 0 Å². The molecular formula is C16H22N2O6. The second-order valence-electron chi connectivity index (χ2n) is 6.60. The van der Waals surface area contributed by atoms with Crippen LogP contribution in [-0.4, -0.2) is 51.7 Å². The molecular weight excluding hydrogens is 316 g/mol. The van der Waals surface area contributed by atoms with E-state index in [9.17, 15) is 19.5 Å². The van der Waals surface area contributed by atoms with Gasteiger partial charge in [-0.05, 0) is 33.6 Å². The van der Waals surface area contributed by atoms with Gasteiger partial charge in [-0.25, -0.2) is 9.59 Å². The second-order valence-corrected chi connectivity index (χ2v) is 6.60. The van der Waals surface area contributed by atoms with Gasteiger partial charge in [0.25, 0.3) is 0 Å². The zero-order valence-corrected chi connectivity index (χ0v) is 14.0. The van der Waals surface area contributed by atoms with Gasteiger partial charge < -0.3 is 14.6 Å². The van der Waals surface area contributed by atoms with Crippen LogP contribution in [0.1, 0.15) is 33.6 Å². The summed E-state index contributed by atoms with van der Waals surface area (Å²) in [6, 6.07) is 0. The highest BCUT2D eigenvalue weighted by Crippen LogP contribution is 2.24. The topological polar surface area (TPSA) is 96.4 Å². The molecule has 2 amide bonds. The average molecular weight is 338 g/mol. The second kappa shape index (κ2) is 7.04. The highest BCUT2D eigenvalue weighted by atomic mass is 16.6. The molecule has 132 valence electrons. The molecule has 0 saturated carbocycles. The number of hydrogen-bond donors (Lipinski definition) is 1. The van der Waals surface area contributed by atoms with Crippen molar-refractivity contribution in [3.8, 4) is 0 Å². The van der Waals surface area contributed by atoms with Crippen molar-refractivity contribution in [2.75, 3.05) is 13.2 Å². The summed E-state index contributed by atoms with van der Waals surface area (Å²) in [4.78, 5) is 38.2. The average Bonchev–Trinajstić information content (AvgIpc) is 2.52. The van der Waals surface area contributed by atoms with Gasteiger partial charge in [0.1, 0.15) is 5.60 Å². The van der Waals surface area contributed by atoms with Crippen LogP contribution >= 0.6 is 0 Å². The Kier molecular flexibility index (Phi) is 5.28. The van der Waals surface area contributed by atoms with E-state index in [0.717, 1.165) is 16.0 Å². The van der Waals surface area contributed by atoms with Crippen molar-refractivity contribution in [1.29, 1.82) is 0 Å². The summed E-state index contributed by atoms with van der Waals surface area (Å²) in [5.41, 5.74) is -1.00. The Morgan fingerprint density at radius 3 is 2.38 bits per heavy atom. The minimum absolute atomic E-state index is 0.292. The molecule has 0 aromatic carbocycles. The van der Waals surface area contributed by atoms with Gasteiger partial charge >= 0.3 is 12.1 Å². The van der Waals surface area contributed by atoms with Crippen molar-refractivity contribution in [2.24, 2.45) is 5.92 Å². The molecule has 2 aliphatic rings. The molecule has 0 radical (unpaired) electrons. The number of carboxylic acids is 1. The van der Waals surface area contributed by atoms with E-state index in [0.29, 0.717) is 26.1 Å². The van der Waals surface area contributed by atoms with Crippen LogP contribution in [0.3, 0.4) is 0 Å². The van der Waals surface area contributed by atoms with Gasteiger partial charge in [-0.15, -0.1) is 0 Å². The van der Waals surface area contributed by atoms with Gasteiger partial charge in [0, 0.05) is 37.7 Å². The number of rotatable bonds is 2. The minimum atomic E-state index is -1.30. The van der Waals surface area contributed by atoms with Crippen molar-refractivity contribution >= 4 is 18.0 Å². The number of aliphatic carboxylic acids is 1. The molecule has 0 bridgehead atoms. The van der Waals surface area contributed by atoms with E-state index in [4.69, 9.17) is 9.47 Å². The van der Waals surface area contributed by atoms with Crippen molar-refractivity contribution in [3.05, 3.63) is 24.3 Å². The lowest BCUT2D eigenvalue weighted by molar-refractivity contribution is -0.141. The lowest BCUT2D eigenvalue weighted by Crippen LogP contribution is -2.41. The van der Waals surface area contributed by atoms with Crippen LogP contribution in [0.2, 0.25) is 0 Å². The first kappa shape index (κ1) is 18.0. The van der Waals surface area contributed by atoms with E-state index in [2.05, 4.69) is 0 Å². The summed E-state index contributed by atoms with van der Waals surface area (Å²) in [6.45, 7) is 6.08. The lowest BCUT2D eigenvalue weighted by atomic mass is 9.98. The maximum atomic E-state index is 12.6. The Balaban J connectivity index is 2.16. The zero-order valence-electron chi connectivity index (χ0n) is 14.0. The molecule has 2 rings (SSSR count). The van der Waals surface area contributed by atoms with Crippen LogP contribution < -0.4 is 0 Å². The number of hydrogen-bond acceptors (Lipinski definition) is 5. The summed E-state index contributed by atoms with van der Waals surface area (Å²) >= 11 is 0. The third-order valence-electron chi connectivity index (χ3n) is 3.53. The number of carbonyl (C=O) groups is 3. The predicted octanol–water partition coefficient (Wildman–Crippen LogP) is 1.89. The summed E-state index contributed by atoms with van der Waals surface area (Å²) in [6.07, 6.45) is 4.07. The predicted molar refractivity (Wildman–Crippen MR) is 83.3 cm³/mol. The maximum absolute atomic E-state index is 12.6. The first-order valence-corrected chi connectivity index (χ1v) is 7.74. The molecule has 1 fully saturated rings. The van der Waals surface area contributed by atoms with Gasteiger partial charge in [0.2, 0.25) is 5.91 Å². The van der Waals surface area contributed by atoms with Crippen LogP contribution in [-0.2, 0) is 19.1 Å². The quantitative estimate of drug-likeness (QED) is 0.826. The van der Waals surface area contributed by atoms with Crippen molar-refractivity contribution in [2.45, 2.75) is 39.2 Å². The monoisotopic (exact) mass is 338 g/mol. The lowest BCUT2D eigenvalue weighted by Gasteiger charge is -2.31. The van der Waals surface area contributed by atoms with Crippen LogP contribution in [0.5, 0.6) is 0 Å². The van der Waals surface area contributed by atoms with Crippen LogP contribution in [0.25, 0.3) is 0 Å². The van der Waals surface area contributed by atoms with Crippen LogP contribution in [0.15, 0.2) is 24.3 Å². The largest absolute Gasteiger partial charge is 0.477 e. The Morgan fingerprint density at radius 2 is 1.83 bits per heavy atom. The Hall–Kier alpha value is -2.35. The number of carboxylic acid groups (broad SMARTS) is 1. The SMILES string of the molecule is CC(C)(C)OC(=O)N1C=CN(C(=O)C2CCOCC2)C(C(=O)O)=C1. The van der Waals surface area contributed by atoms with Crippen LogP contribution in [0, 0.1) is 5.92 Å². The maximum Gasteiger partial charge on any atom is 0.418 e. The van der Waals surface area contributed by atoms with Crippen molar-refractivity contribution < 1.29 is 29.0 Å². The molecule has 8 heteroatoms. The minimum Gasteiger partial charge on any atom is -0.477 e. The standard InChI is InChI=1S/C16H22N2O6/c1-16(2,3)24-15(22)17-6-7-18(12(10-17)14(20)21)13(19)11-4-8-23-9-5-11/h6-7,10-11H,4-5,8-9H2,1-3H3,(H,20,21). The third-order valence-corrected chi connectivity index (χ3v) is 3.53. The van der Waals surface area contributed by atoms with E-state index in [-0.39, 0.29) is 17.5 Å². The van der Waals surface area contributed by atoms with E-state index in [1.54, 1.807) is 20.8 Å². The van der Waals surface area contributed by atoms with E-state index >= 15 is 0 Å². The number of ether oxygens (including phenoxy) is 2. The molecule has 0 atom stereocenters. The molecule has 1 N–H and O–H groups in total. The number of carbonyl (C=O) groups excluding carboxylic acids is 2. The fourth-order valence-electron chi connectivity index (χ4n) is 2.38. The van der Waals surface area contributed by atoms with Gasteiger partial charge in [0.05, 0.1) is 0 Å². The first-order valence-electron chi connectivity index (χ1n) is 7.74. The fourth-order valence-corrected chi connectivity index (χ4v) is 2.38. The Bertz CT molecular complexity index is 584. The number of nitrogens with zero attached hydrogens (tertiary/aromatic N) is 2. The molecule has 0 aliphatic carbocycles. The van der Waals surface area contributed by atoms with Crippen LogP contribution in [0.4, 0.5) is 4.79 Å². The summed E-state index contributed by atoms with van der Waals surface area (Å²) in [5, 5.41) is 9.39. The molecule has 0 spiro atoms. The molecule has 8 nitrogen and oxygen atoms in total. The summed E-state index contributed by atoms with van der Waals surface area (Å²) in [7, 11) is 0. The number of amides is 2. The third kappa shape index (κ3) is 4.35. The smallest absolute Gasteiger partial charge is 0.418 e. The zero-order chi connectivity index (χ0) is 17.9. The Morgan fingerprint density at radius 1 is 1.21 bits per heavy atom. The first-order chi connectivity index (χ1) is 11.2. The molecule has 0 aromatic heterocycles. The fraction of sp³-hybridized carbons (Fsp3) is 0.562. The van der Waals surface area contributed by atoms with E-state index in [1.807, 2.05) is 0 Å². The molecule has 0 unspecified atom stereocenters. The van der Waals surface area contributed by atoms with Gasteiger partial charge in [0.15, 0.2) is 5.70 Å². The van der Waals surface area contributed by atoms with E-state index in [1.165, 1.54) is 12.4 Å². The molecule has 24 heavy (non-hydrogen) atoms. The molecule has 2 heterocycles. The molecule has 1 saturated heterocycles. The summed E-state index contributed by atoms with van der Waals surface area (Å²) in [5.74, 6) is -1.90. The highest BCUT2D eigenvalue weighted by Gasteiger charge is 2.33. The Labute approximate surface area is 140 Å².